The first-order chi connectivity index (χ1) is 11.2. The number of hydrogen-bond donors (Lipinski definition) is 4. The van der Waals surface area contributed by atoms with E-state index in [1.807, 2.05) is 24.3 Å². The summed E-state index contributed by atoms with van der Waals surface area (Å²) in [5.41, 5.74) is 7.78. The molecule has 2 atom stereocenters. The van der Waals surface area contributed by atoms with Gasteiger partial charge in [0.05, 0.1) is 0 Å². The van der Waals surface area contributed by atoms with Crippen molar-refractivity contribution in [2.45, 2.75) is 38.3 Å². The molecule has 0 aromatic heterocycles. The Bertz CT molecular complexity index is 574. The molecule has 0 aliphatic carbocycles. The zero-order chi connectivity index (χ0) is 16.2. The molecule has 0 bridgehead atoms. The van der Waals surface area contributed by atoms with E-state index < -0.39 is 0 Å². The quantitative estimate of drug-likeness (QED) is 0.657. The molecule has 4 N–H and O–H groups in total. The van der Waals surface area contributed by atoms with Gasteiger partial charge < -0.3 is 10.6 Å². The van der Waals surface area contributed by atoms with E-state index in [4.69, 9.17) is 0 Å². The lowest BCUT2D eigenvalue weighted by molar-refractivity contribution is -0.117. The van der Waals surface area contributed by atoms with Crippen LogP contribution in [0, 0.1) is 0 Å². The van der Waals surface area contributed by atoms with Crippen molar-refractivity contribution in [3.05, 3.63) is 24.3 Å². The SMILES string of the molecule is CCCC1CC(C(=O)Nc2ccc(N3CCNC3=O)cc2)NN1. The molecular formula is C16H23N5O2. The summed E-state index contributed by atoms with van der Waals surface area (Å²) in [6, 6.07) is 7.41. The zero-order valence-electron chi connectivity index (χ0n) is 13.3. The lowest BCUT2D eigenvalue weighted by Crippen LogP contribution is -2.40. The van der Waals surface area contributed by atoms with Crippen LogP contribution in [0.4, 0.5) is 16.2 Å². The van der Waals surface area contributed by atoms with Gasteiger partial charge in [-0.15, -0.1) is 0 Å². The fraction of sp³-hybridized carbons (Fsp3) is 0.500. The molecule has 0 saturated carbocycles. The first-order valence-electron chi connectivity index (χ1n) is 8.14. The van der Waals surface area contributed by atoms with Crippen LogP contribution in [-0.2, 0) is 4.79 Å². The van der Waals surface area contributed by atoms with Gasteiger partial charge in [-0.2, -0.15) is 0 Å². The van der Waals surface area contributed by atoms with E-state index in [0.29, 0.717) is 19.1 Å². The summed E-state index contributed by atoms with van der Waals surface area (Å²) in [4.78, 5) is 25.6. The summed E-state index contributed by atoms with van der Waals surface area (Å²) in [6.07, 6.45) is 2.95. The van der Waals surface area contributed by atoms with Crippen molar-refractivity contribution >= 4 is 23.3 Å². The van der Waals surface area contributed by atoms with Crippen LogP contribution >= 0.6 is 0 Å². The lowest BCUT2D eigenvalue weighted by Gasteiger charge is -2.15. The molecule has 0 radical (unpaired) electrons. The number of amides is 3. The number of urea groups is 1. The molecule has 2 aliphatic heterocycles. The number of hydrazine groups is 1. The summed E-state index contributed by atoms with van der Waals surface area (Å²) in [5.74, 6) is -0.0391. The standard InChI is InChI=1S/C16H23N5O2/c1-2-3-12-10-14(20-19-12)15(22)18-11-4-6-13(7-5-11)21-9-8-17-16(21)23/h4-7,12,14,19-20H,2-3,8-10H2,1H3,(H,17,23)(H,18,22). The highest BCUT2D eigenvalue weighted by Gasteiger charge is 2.28. The van der Waals surface area contributed by atoms with Crippen molar-refractivity contribution in [2.75, 3.05) is 23.3 Å². The number of rotatable bonds is 5. The average molecular weight is 317 g/mol. The highest BCUT2D eigenvalue weighted by Crippen LogP contribution is 2.20. The number of carbonyl (C=O) groups excluding carboxylic acids is 2. The van der Waals surface area contributed by atoms with Gasteiger partial charge in [0.15, 0.2) is 0 Å². The Morgan fingerprint density at radius 3 is 2.74 bits per heavy atom. The molecule has 124 valence electrons. The normalized spacial score (nSPS) is 23.9. The maximum atomic E-state index is 12.3. The lowest BCUT2D eigenvalue weighted by atomic mass is 10.1. The molecule has 2 saturated heterocycles. The summed E-state index contributed by atoms with van der Waals surface area (Å²) in [6.45, 7) is 3.47. The van der Waals surface area contributed by atoms with E-state index >= 15 is 0 Å². The average Bonchev–Trinajstić information content (AvgIpc) is 3.18. The minimum Gasteiger partial charge on any atom is -0.336 e. The predicted molar refractivity (Wildman–Crippen MR) is 89.2 cm³/mol. The second-order valence-electron chi connectivity index (χ2n) is 5.98. The van der Waals surface area contributed by atoms with E-state index in [9.17, 15) is 9.59 Å². The molecule has 1 aromatic carbocycles. The second-order valence-corrected chi connectivity index (χ2v) is 5.98. The first kappa shape index (κ1) is 15.8. The van der Waals surface area contributed by atoms with Crippen LogP contribution in [0.25, 0.3) is 0 Å². The third kappa shape index (κ3) is 3.62. The molecule has 2 fully saturated rings. The maximum Gasteiger partial charge on any atom is 0.321 e. The third-order valence-electron chi connectivity index (χ3n) is 4.24. The van der Waals surface area contributed by atoms with E-state index in [0.717, 1.165) is 30.6 Å². The van der Waals surface area contributed by atoms with Crippen LogP contribution in [0.1, 0.15) is 26.2 Å². The van der Waals surface area contributed by atoms with Gasteiger partial charge in [-0.25, -0.2) is 10.2 Å². The topological polar surface area (TPSA) is 85.5 Å². The van der Waals surface area contributed by atoms with Gasteiger partial charge in [0.2, 0.25) is 5.91 Å². The molecule has 2 heterocycles. The number of benzene rings is 1. The highest BCUT2D eigenvalue weighted by molar-refractivity contribution is 5.96. The van der Waals surface area contributed by atoms with Crippen molar-refractivity contribution in [3.8, 4) is 0 Å². The summed E-state index contributed by atoms with van der Waals surface area (Å²) >= 11 is 0. The van der Waals surface area contributed by atoms with Gasteiger partial charge in [0.1, 0.15) is 6.04 Å². The van der Waals surface area contributed by atoms with E-state index in [1.54, 1.807) is 4.90 Å². The van der Waals surface area contributed by atoms with Crippen molar-refractivity contribution in [3.63, 3.8) is 0 Å². The Labute approximate surface area is 135 Å². The smallest absolute Gasteiger partial charge is 0.321 e. The van der Waals surface area contributed by atoms with Gasteiger partial charge in [0.25, 0.3) is 0 Å². The van der Waals surface area contributed by atoms with Crippen LogP contribution in [0.2, 0.25) is 0 Å². The molecular weight excluding hydrogens is 294 g/mol. The Morgan fingerprint density at radius 1 is 1.30 bits per heavy atom. The zero-order valence-corrected chi connectivity index (χ0v) is 13.3. The van der Waals surface area contributed by atoms with Gasteiger partial charge in [0, 0.05) is 30.5 Å². The van der Waals surface area contributed by atoms with Crippen molar-refractivity contribution in [2.24, 2.45) is 0 Å². The predicted octanol–water partition coefficient (Wildman–Crippen LogP) is 1.19. The van der Waals surface area contributed by atoms with Crippen LogP contribution in [-0.4, -0.2) is 37.1 Å². The monoisotopic (exact) mass is 317 g/mol. The molecule has 7 nitrogen and oxygen atoms in total. The molecule has 2 unspecified atom stereocenters. The van der Waals surface area contributed by atoms with Crippen LogP contribution < -0.4 is 26.4 Å². The largest absolute Gasteiger partial charge is 0.336 e. The van der Waals surface area contributed by atoms with E-state index in [-0.39, 0.29) is 18.0 Å². The number of nitrogens with one attached hydrogen (secondary N) is 4. The Kier molecular flexibility index (Phi) is 4.78. The summed E-state index contributed by atoms with van der Waals surface area (Å²) < 4.78 is 0. The minimum absolute atomic E-state index is 0.0391. The number of nitrogens with zero attached hydrogens (tertiary/aromatic N) is 1. The molecule has 23 heavy (non-hydrogen) atoms. The number of anilines is 2. The third-order valence-corrected chi connectivity index (χ3v) is 4.24. The van der Waals surface area contributed by atoms with Gasteiger partial charge in [-0.05, 0) is 37.1 Å². The Balaban J connectivity index is 1.56. The fourth-order valence-electron chi connectivity index (χ4n) is 3.00. The van der Waals surface area contributed by atoms with E-state index in [2.05, 4.69) is 28.4 Å². The van der Waals surface area contributed by atoms with Crippen LogP contribution in [0.15, 0.2) is 24.3 Å². The van der Waals surface area contributed by atoms with Crippen molar-refractivity contribution < 1.29 is 9.59 Å². The van der Waals surface area contributed by atoms with Gasteiger partial charge >= 0.3 is 6.03 Å². The summed E-state index contributed by atoms with van der Waals surface area (Å²) in [7, 11) is 0. The number of hydrogen-bond acceptors (Lipinski definition) is 4. The molecule has 7 heteroatoms. The van der Waals surface area contributed by atoms with Crippen molar-refractivity contribution in [1.82, 2.24) is 16.2 Å². The Morgan fingerprint density at radius 2 is 2.09 bits per heavy atom. The molecule has 3 rings (SSSR count). The number of carbonyl (C=O) groups is 2. The van der Waals surface area contributed by atoms with Gasteiger partial charge in [-0.3, -0.25) is 15.1 Å². The van der Waals surface area contributed by atoms with Crippen LogP contribution in [0.3, 0.4) is 0 Å². The highest BCUT2D eigenvalue weighted by atomic mass is 16.2. The molecule has 1 aromatic rings. The Hall–Kier alpha value is -2.12. The molecule has 0 spiro atoms. The molecule has 3 amide bonds. The van der Waals surface area contributed by atoms with Crippen molar-refractivity contribution in [1.29, 1.82) is 0 Å². The fourth-order valence-corrected chi connectivity index (χ4v) is 3.00. The first-order valence-corrected chi connectivity index (χ1v) is 8.14. The van der Waals surface area contributed by atoms with Crippen LogP contribution in [0.5, 0.6) is 0 Å². The molecule has 2 aliphatic rings. The second kappa shape index (κ2) is 6.97. The minimum atomic E-state index is -0.212. The maximum absolute atomic E-state index is 12.3. The van der Waals surface area contributed by atoms with Gasteiger partial charge in [-0.1, -0.05) is 13.3 Å². The van der Waals surface area contributed by atoms with E-state index in [1.165, 1.54) is 0 Å². The summed E-state index contributed by atoms with van der Waals surface area (Å²) in [5, 5.41) is 5.68.